The molecule has 0 fully saturated rings. The topological polar surface area (TPSA) is 105 Å². The number of hydrogen-bond acceptors (Lipinski definition) is 7. The van der Waals surface area contributed by atoms with Crippen LogP contribution in [0.15, 0.2) is 60.7 Å². The summed E-state index contributed by atoms with van der Waals surface area (Å²) in [6, 6.07) is 11.4. The third-order valence-corrected chi connectivity index (χ3v) is 7.94. The van der Waals surface area contributed by atoms with Gasteiger partial charge < -0.3 is 9.47 Å². The van der Waals surface area contributed by atoms with E-state index in [2.05, 4.69) is 0 Å². The standard InChI is InChI=1S/C23H17Cl2F3NO7P/c1-2-37(33,35-13-34-22(30)14-3-6-16(24)7-4-14)21-12-17(8-9-19(21)29(31)32)36-20-10-5-15(11-18(20)25)23(26,27)28/h3-12H,2,13H2,1H3. The minimum absolute atomic E-state index is 0.0994. The summed E-state index contributed by atoms with van der Waals surface area (Å²) >= 11 is 11.7. The van der Waals surface area contributed by atoms with Crippen LogP contribution in [0.1, 0.15) is 22.8 Å². The van der Waals surface area contributed by atoms with Crippen LogP contribution >= 0.6 is 30.6 Å². The first-order valence-corrected chi connectivity index (χ1v) is 12.9. The average molecular weight is 578 g/mol. The number of benzene rings is 3. The van der Waals surface area contributed by atoms with Gasteiger partial charge in [-0.2, -0.15) is 13.2 Å². The largest absolute Gasteiger partial charge is 0.456 e. The molecule has 1 atom stereocenters. The number of hydrogen-bond donors (Lipinski definition) is 0. The number of nitro benzene ring substituents is 1. The predicted molar refractivity (Wildman–Crippen MR) is 130 cm³/mol. The van der Waals surface area contributed by atoms with Gasteiger partial charge in [-0.25, -0.2) is 4.79 Å². The van der Waals surface area contributed by atoms with Crippen molar-refractivity contribution >= 4 is 47.5 Å². The van der Waals surface area contributed by atoms with E-state index in [0.717, 1.165) is 30.3 Å². The highest BCUT2D eigenvalue weighted by atomic mass is 35.5. The minimum atomic E-state index is -4.62. The van der Waals surface area contributed by atoms with Crippen molar-refractivity contribution in [3.8, 4) is 11.5 Å². The van der Waals surface area contributed by atoms with E-state index in [-0.39, 0.29) is 33.6 Å². The summed E-state index contributed by atoms with van der Waals surface area (Å²) in [6.45, 7) is 0.672. The van der Waals surface area contributed by atoms with Gasteiger partial charge in [0.05, 0.1) is 21.1 Å². The molecule has 0 bridgehead atoms. The van der Waals surface area contributed by atoms with Crippen LogP contribution in [0.25, 0.3) is 0 Å². The predicted octanol–water partition coefficient (Wildman–Crippen LogP) is 7.47. The van der Waals surface area contributed by atoms with Crippen molar-refractivity contribution in [1.29, 1.82) is 0 Å². The van der Waals surface area contributed by atoms with Gasteiger partial charge in [0.1, 0.15) is 16.8 Å². The van der Waals surface area contributed by atoms with E-state index in [1.807, 2.05) is 0 Å². The molecule has 196 valence electrons. The SMILES string of the molecule is CCP(=O)(OCOC(=O)c1ccc(Cl)cc1)c1cc(Oc2ccc(C(F)(F)F)cc2Cl)ccc1[N+](=O)[O-]. The average Bonchev–Trinajstić information content (AvgIpc) is 2.84. The first-order chi connectivity index (χ1) is 17.3. The molecule has 0 aromatic heterocycles. The second-order valence-corrected chi connectivity index (χ2v) is 10.9. The van der Waals surface area contributed by atoms with E-state index in [4.69, 9.17) is 37.2 Å². The van der Waals surface area contributed by atoms with Gasteiger partial charge in [-0.1, -0.05) is 30.1 Å². The fourth-order valence-electron chi connectivity index (χ4n) is 3.05. The summed E-state index contributed by atoms with van der Waals surface area (Å²) in [5.41, 5.74) is -1.40. The Labute approximate surface area is 218 Å². The Morgan fingerprint density at radius 1 is 1.05 bits per heavy atom. The Morgan fingerprint density at radius 2 is 1.73 bits per heavy atom. The van der Waals surface area contributed by atoms with Crippen molar-refractivity contribution in [3.05, 3.63) is 92.0 Å². The summed E-state index contributed by atoms with van der Waals surface area (Å²) in [6.07, 6.45) is -4.83. The fourth-order valence-corrected chi connectivity index (χ4v) is 5.11. The molecule has 3 aromatic carbocycles. The Morgan fingerprint density at radius 3 is 2.30 bits per heavy atom. The van der Waals surface area contributed by atoms with E-state index in [9.17, 15) is 32.6 Å². The number of ether oxygens (including phenoxy) is 2. The highest BCUT2D eigenvalue weighted by Crippen LogP contribution is 2.49. The zero-order valence-corrected chi connectivity index (χ0v) is 21.2. The van der Waals surface area contributed by atoms with Crippen LogP contribution < -0.4 is 10.0 Å². The summed E-state index contributed by atoms with van der Waals surface area (Å²) in [7, 11) is -3.97. The van der Waals surface area contributed by atoms with Crippen molar-refractivity contribution in [3.63, 3.8) is 0 Å². The normalized spacial score (nSPS) is 13.0. The fraction of sp³-hybridized carbons (Fsp3) is 0.174. The zero-order valence-electron chi connectivity index (χ0n) is 18.8. The van der Waals surface area contributed by atoms with Gasteiger partial charge in [-0.05, 0) is 48.5 Å². The number of esters is 1. The Bertz CT molecular complexity index is 1370. The van der Waals surface area contributed by atoms with Crippen LogP contribution in [-0.4, -0.2) is 23.8 Å². The lowest BCUT2D eigenvalue weighted by atomic mass is 10.2. The lowest BCUT2D eigenvalue weighted by Gasteiger charge is -2.18. The van der Waals surface area contributed by atoms with Gasteiger partial charge in [0.2, 0.25) is 7.37 Å². The van der Waals surface area contributed by atoms with Crippen molar-refractivity contribution in [2.24, 2.45) is 0 Å². The van der Waals surface area contributed by atoms with Gasteiger partial charge in [-0.3, -0.25) is 19.2 Å². The van der Waals surface area contributed by atoms with E-state index in [0.29, 0.717) is 11.1 Å². The molecule has 14 heteroatoms. The third-order valence-electron chi connectivity index (χ3n) is 4.95. The molecular weight excluding hydrogens is 561 g/mol. The summed E-state index contributed by atoms with van der Waals surface area (Å²) in [4.78, 5) is 23.0. The lowest BCUT2D eigenvalue weighted by Crippen LogP contribution is -2.17. The molecule has 0 radical (unpaired) electrons. The molecule has 1 unspecified atom stereocenters. The zero-order chi connectivity index (χ0) is 27.4. The van der Waals surface area contributed by atoms with Crippen LogP contribution in [0.5, 0.6) is 11.5 Å². The Kier molecular flexibility index (Phi) is 8.86. The molecule has 0 amide bonds. The second kappa shape index (κ2) is 11.5. The maximum atomic E-state index is 13.6. The molecule has 0 aliphatic carbocycles. The molecule has 0 aliphatic rings. The highest BCUT2D eigenvalue weighted by Gasteiger charge is 2.34. The van der Waals surface area contributed by atoms with Crippen LogP contribution in [-0.2, 0) is 20.0 Å². The first-order valence-electron chi connectivity index (χ1n) is 10.3. The smallest absolute Gasteiger partial charge is 0.416 e. The van der Waals surface area contributed by atoms with E-state index in [1.165, 1.54) is 31.2 Å². The molecule has 0 N–H and O–H groups in total. The van der Waals surface area contributed by atoms with E-state index in [1.54, 1.807) is 0 Å². The first kappa shape index (κ1) is 28.5. The minimum Gasteiger partial charge on any atom is -0.456 e. The number of nitrogens with zero attached hydrogens (tertiary/aromatic N) is 1. The van der Waals surface area contributed by atoms with Crippen LogP contribution in [0.4, 0.5) is 18.9 Å². The van der Waals surface area contributed by atoms with Crippen molar-refractivity contribution in [2.75, 3.05) is 13.0 Å². The Hall–Kier alpha value is -3.11. The van der Waals surface area contributed by atoms with Gasteiger partial charge in [0, 0.05) is 23.3 Å². The van der Waals surface area contributed by atoms with Crippen LogP contribution in [0.3, 0.4) is 0 Å². The molecule has 8 nitrogen and oxygen atoms in total. The van der Waals surface area contributed by atoms with Gasteiger partial charge in [-0.15, -0.1) is 0 Å². The molecule has 0 saturated carbocycles. The number of rotatable bonds is 9. The molecule has 0 saturated heterocycles. The van der Waals surface area contributed by atoms with Crippen LogP contribution in [0, 0.1) is 10.1 Å². The molecule has 0 aliphatic heterocycles. The number of halogens is 5. The molecule has 3 rings (SSSR count). The summed E-state index contributed by atoms with van der Waals surface area (Å²) in [5.74, 6) is -1.07. The van der Waals surface area contributed by atoms with Crippen LogP contribution in [0.2, 0.25) is 10.0 Å². The third kappa shape index (κ3) is 7.01. The van der Waals surface area contributed by atoms with E-state index >= 15 is 0 Å². The van der Waals surface area contributed by atoms with Gasteiger partial charge in [0.25, 0.3) is 5.69 Å². The molecular formula is C23H17Cl2F3NO7P. The quantitative estimate of drug-likeness (QED) is 0.0853. The van der Waals surface area contributed by atoms with Crippen molar-refractivity contribution in [1.82, 2.24) is 0 Å². The van der Waals surface area contributed by atoms with Crippen molar-refractivity contribution in [2.45, 2.75) is 13.1 Å². The van der Waals surface area contributed by atoms with E-state index < -0.39 is 42.5 Å². The monoisotopic (exact) mass is 577 g/mol. The van der Waals surface area contributed by atoms with Gasteiger partial charge >= 0.3 is 12.1 Å². The van der Waals surface area contributed by atoms with Gasteiger partial charge in [0.15, 0.2) is 6.79 Å². The Balaban J connectivity index is 1.84. The highest BCUT2D eigenvalue weighted by molar-refractivity contribution is 7.67. The number of alkyl halides is 3. The summed E-state index contributed by atoms with van der Waals surface area (Å²) < 4.78 is 68.0. The molecule has 37 heavy (non-hydrogen) atoms. The maximum absolute atomic E-state index is 13.6. The number of carbonyl (C=O) groups is 1. The molecule has 3 aromatic rings. The molecule has 0 heterocycles. The summed E-state index contributed by atoms with van der Waals surface area (Å²) in [5, 5.41) is 11.3. The number of nitro groups is 1. The maximum Gasteiger partial charge on any atom is 0.416 e. The molecule has 0 spiro atoms. The lowest BCUT2D eigenvalue weighted by molar-refractivity contribution is -0.383. The number of carbonyl (C=O) groups excluding carboxylic acids is 1. The van der Waals surface area contributed by atoms with Crippen molar-refractivity contribution < 1.29 is 41.5 Å². The second-order valence-electron chi connectivity index (χ2n) is 7.33.